The lowest BCUT2D eigenvalue weighted by Gasteiger charge is -2.49. The van der Waals surface area contributed by atoms with Gasteiger partial charge in [0.2, 0.25) is 0 Å². The normalized spacial score (nSPS) is 39.0. The van der Waals surface area contributed by atoms with Crippen molar-refractivity contribution in [1.29, 1.82) is 0 Å². The molecule has 3 saturated heterocycles. The third kappa shape index (κ3) is 15.1. The van der Waals surface area contributed by atoms with Gasteiger partial charge in [0.1, 0.15) is 36.7 Å². The van der Waals surface area contributed by atoms with Crippen LogP contribution < -0.4 is 0 Å². The van der Waals surface area contributed by atoms with Crippen molar-refractivity contribution in [1.82, 2.24) is 24.8 Å². The van der Waals surface area contributed by atoms with Crippen molar-refractivity contribution in [3.8, 4) is 0 Å². The van der Waals surface area contributed by atoms with Crippen LogP contribution in [-0.2, 0) is 55.9 Å². The molecule has 2 aromatic rings. The smallest absolute Gasteiger partial charge is 0.311 e. The summed E-state index contributed by atoms with van der Waals surface area (Å²) in [6, 6.07) is 5.10. The number of nitrogens with zero attached hydrogens (tertiary/aromatic N) is 5. The number of aliphatic hydroxyl groups is 5. The van der Waals surface area contributed by atoms with Crippen molar-refractivity contribution in [3.05, 3.63) is 41.7 Å². The van der Waals surface area contributed by atoms with Gasteiger partial charge in [0.15, 0.2) is 22.4 Å². The molecule has 19 nitrogen and oxygen atoms in total. The average molecular weight is 1070 g/mol. The molecule has 0 spiro atoms. The van der Waals surface area contributed by atoms with Gasteiger partial charge in [0.25, 0.3) is 0 Å². The van der Waals surface area contributed by atoms with Crippen molar-refractivity contribution in [2.45, 2.75) is 222 Å². The van der Waals surface area contributed by atoms with E-state index in [1.54, 1.807) is 83.6 Å². The Morgan fingerprint density at radius 3 is 2.24 bits per heavy atom. The van der Waals surface area contributed by atoms with E-state index in [9.17, 15) is 43.1 Å². The van der Waals surface area contributed by atoms with Gasteiger partial charge in [-0.05, 0) is 125 Å². The average Bonchev–Trinajstić information content (AvgIpc) is 3.81. The molecule has 4 heterocycles. The number of methoxy groups -OCH3 is 1. The van der Waals surface area contributed by atoms with E-state index in [0.29, 0.717) is 50.9 Å². The standard InChI is InChI=1S/C53H90FN5O14S/c1-15-42-53(10,65)46(61)35(6)58(12)29-31(2)26-51(8,64)48(33(4)45(34(5)49(63)71-42)72-43-27-52(9,68-13)47(62)36(7)70-43)73-50-44(60)41(25-32(3)69-50)57(11)24-23-38-30-59(56-55-38)39(28-54)18-16-17-37-19-21-40(22-20-37)74(14,66)67/h19-22,30-36,39,41-48,50,60-62,64-65H,15-18,23-29H2,1-14H3/t31-,32-,33+,34-,35-,36+,39+,41+,42-,43+,44-,45+,46-,47+,48-,50+,51-,52-,53-/m1/s1. The lowest BCUT2D eigenvalue weighted by molar-refractivity contribution is -0.318. The van der Waals surface area contributed by atoms with Crippen LogP contribution in [0.3, 0.4) is 0 Å². The van der Waals surface area contributed by atoms with Crippen LogP contribution in [0.4, 0.5) is 4.39 Å². The Kier molecular flexibility index (Phi) is 21.6. The Bertz CT molecular complexity index is 2190. The number of carbonyl (C=O) groups excluding carboxylic acids is 1. The minimum absolute atomic E-state index is 0.0809. The van der Waals surface area contributed by atoms with E-state index in [2.05, 4.69) is 10.3 Å². The number of aromatic nitrogens is 3. The van der Waals surface area contributed by atoms with E-state index in [4.69, 9.17) is 28.4 Å². The van der Waals surface area contributed by atoms with Crippen molar-refractivity contribution >= 4 is 15.8 Å². The first-order chi connectivity index (χ1) is 34.5. The topological polar surface area (TPSA) is 245 Å². The molecule has 0 aliphatic carbocycles. The number of rotatable bonds is 17. The van der Waals surface area contributed by atoms with Crippen molar-refractivity contribution in [2.24, 2.45) is 17.8 Å². The largest absolute Gasteiger partial charge is 0.459 e. The first-order valence-electron chi connectivity index (χ1n) is 26.5. The van der Waals surface area contributed by atoms with Crippen LogP contribution in [0, 0.1) is 17.8 Å². The molecule has 0 radical (unpaired) electrons. The molecule has 5 rings (SSSR count). The molecule has 0 unspecified atom stereocenters. The van der Waals surface area contributed by atoms with Gasteiger partial charge in [-0.3, -0.25) is 4.79 Å². The number of esters is 1. The second-order valence-corrected chi connectivity index (χ2v) is 24.8. The highest BCUT2D eigenvalue weighted by atomic mass is 32.2. The van der Waals surface area contributed by atoms with Crippen molar-refractivity contribution < 1.29 is 71.6 Å². The lowest BCUT2D eigenvalue weighted by atomic mass is 9.77. The Hall–Kier alpha value is -2.77. The lowest BCUT2D eigenvalue weighted by Crippen LogP contribution is -2.61. The SMILES string of the molecule is CC[C@H]1OC(=O)[C@H](C)[C@@H](O[C@H]2C[C@@](C)(OC)[C@@H](O)[C@H](C)O2)[C@H](C)[C@@H](O[C@@H]2O[C@H](C)C[C@H](N(C)CCc3cn([C@H](CF)CCCc4ccc(S(C)(=O)=O)cc4)nn3)[C@H]2O)[C@](C)(O)C[C@@H](C)CN(C)[C@H](C)[C@@H](O)[C@]1(C)O. The molecule has 0 bridgehead atoms. The monoisotopic (exact) mass is 1070 g/mol. The molecule has 19 atom stereocenters. The predicted molar refractivity (Wildman–Crippen MR) is 274 cm³/mol. The molecular formula is C53H90FN5O14S. The molecule has 0 saturated carbocycles. The summed E-state index contributed by atoms with van der Waals surface area (Å²) in [5.41, 5.74) is -3.01. The summed E-state index contributed by atoms with van der Waals surface area (Å²) in [6.45, 7) is 17.6. The fourth-order valence-electron chi connectivity index (χ4n) is 11.4. The minimum atomic E-state index is -3.30. The van der Waals surface area contributed by atoms with Gasteiger partial charge in [-0.15, -0.1) is 5.10 Å². The van der Waals surface area contributed by atoms with Gasteiger partial charge in [-0.2, -0.15) is 0 Å². The summed E-state index contributed by atoms with van der Waals surface area (Å²) in [4.78, 5) is 18.6. The van der Waals surface area contributed by atoms with Crippen LogP contribution in [-0.4, -0.2) is 202 Å². The number of benzene rings is 1. The molecule has 1 aromatic carbocycles. The quantitative estimate of drug-likeness (QED) is 0.140. The molecule has 424 valence electrons. The molecule has 1 aromatic heterocycles. The van der Waals surface area contributed by atoms with Crippen LogP contribution in [0.15, 0.2) is 35.4 Å². The molecule has 3 aliphatic heterocycles. The molecule has 74 heavy (non-hydrogen) atoms. The molecule has 5 N–H and O–H groups in total. The highest BCUT2D eigenvalue weighted by molar-refractivity contribution is 7.90. The summed E-state index contributed by atoms with van der Waals surface area (Å²) in [6.07, 6.45) is -4.34. The van der Waals surface area contributed by atoms with E-state index in [0.717, 1.165) is 5.56 Å². The summed E-state index contributed by atoms with van der Waals surface area (Å²) in [5, 5.41) is 68.3. The fraction of sp³-hybridized carbons (Fsp3) is 0.830. The number of hydrogen-bond donors (Lipinski definition) is 5. The van der Waals surface area contributed by atoms with Crippen molar-refractivity contribution in [2.75, 3.05) is 47.2 Å². The van der Waals surface area contributed by atoms with Gasteiger partial charge in [0, 0.05) is 63.5 Å². The summed E-state index contributed by atoms with van der Waals surface area (Å²) < 4.78 is 77.9. The third-order valence-electron chi connectivity index (χ3n) is 16.3. The molecule has 0 amide bonds. The number of cyclic esters (lactones) is 1. The number of hydrogen-bond acceptors (Lipinski definition) is 18. The Morgan fingerprint density at radius 1 is 0.973 bits per heavy atom. The van der Waals surface area contributed by atoms with Crippen LogP contribution in [0.1, 0.15) is 125 Å². The van der Waals surface area contributed by atoms with Crippen molar-refractivity contribution in [3.63, 3.8) is 0 Å². The second-order valence-electron chi connectivity index (χ2n) is 22.7. The highest BCUT2D eigenvalue weighted by Crippen LogP contribution is 2.40. The van der Waals surface area contributed by atoms with E-state index in [1.807, 2.05) is 37.7 Å². The predicted octanol–water partition coefficient (Wildman–Crippen LogP) is 4.04. The number of likely N-dealkylation sites (N-methyl/N-ethyl adjacent to an activating group) is 2. The first-order valence-corrected chi connectivity index (χ1v) is 28.4. The van der Waals surface area contributed by atoms with Crippen LogP contribution in [0.25, 0.3) is 0 Å². The zero-order valence-corrected chi connectivity index (χ0v) is 47.2. The Balaban J connectivity index is 1.39. The van der Waals surface area contributed by atoms with Crippen LogP contribution >= 0.6 is 0 Å². The number of aliphatic hydroxyl groups excluding tert-OH is 3. The number of sulfone groups is 1. The summed E-state index contributed by atoms with van der Waals surface area (Å²) in [7, 11) is 1.89. The first kappa shape index (κ1) is 62.1. The van der Waals surface area contributed by atoms with Crippen LogP contribution in [0.5, 0.6) is 0 Å². The van der Waals surface area contributed by atoms with Crippen LogP contribution in [0.2, 0.25) is 0 Å². The second kappa shape index (κ2) is 25.8. The molecule has 3 fully saturated rings. The molecule has 3 aliphatic rings. The van der Waals surface area contributed by atoms with Gasteiger partial charge in [-0.1, -0.05) is 38.1 Å². The van der Waals surface area contributed by atoms with E-state index < -0.39 is 131 Å². The van der Waals surface area contributed by atoms with E-state index >= 15 is 0 Å². The maximum atomic E-state index is 14.5. The van der Waals surface area contributed by atoms with E-state index in [1.165, 1.54) is 20.3 Å². The number of carbonyl (C=O) groups is 1. The van der Waals surface area contributed by atoms with Gasteiger partial charge in [-0.25, -0.2) is 17.5 Å². The number of alkyl halides is 1. The molecule has 21 heteroatoms. The van der Waals surface area contributed by atoms with Gasteiger partial charge < -0.3 is 63.8 Å². The highest BCUT2D eigenvalue weighted by Gasteiger charge is 2.53. The maximum absolute atomic E-state index is 14.5. The maximum Gasteiger partial charge on any atom is 0.311 e. The summed E-state index contributed by atoms with van der Waals surface area (Å²) in [5.74, 6) is -2.89. The molecular weight excluding hydrogens is 982 g/mol. The summed E-state index contributed by atoms with van der Waals surface area (Å²) >= 11 is 0. The fourth-order valence-corrected chi connectivity index (χ4v) is 12.1. The number of aryl methyl sites for hydroxylation is 1. The zero-order valence-electron chi connectivity index (χ0n) is 46.3. The Morgan fingerprint density at radius 2 is 1.64 bits per heavy atom. The third-order valence-corrected chi connectivity index (χ3v) is 17.4. The Labute approximate surface area is 439 Å². The number of ether oxygens (including phenoxy) is 6. The van der Waals surface area contributed by atoms with E-state index in [-0.39, 0.29) is 30.1 Å². The zero-order chi connectivity index (χ0) is 55.2. The van der Waals surface area contributed by atoms with Gasteiger partial charge >= 0.3 is 5.97 Å². The number of halogens is 1. The minimum Gasteiger partial charge on any atom is -0.459 e. The van der Waals surface area contributed by atoms with Gasteiger partial charge in [0.05, 0.1) is 58.2 Å².